The zero-order valence-electron chi connectivity index (χ0n) is 20.0. The third kappa shape index (κ3) is 5.36. The summed E-state index contributed by atoms with van der Waals surface area (Å²) in [4.78, 5) is 16.9. The van der Waals surface area contributed by atoms with Crippen molar-refractivity contribution in [1.82, 2.24) is 13.9 Å². The number of sulfonamides is 1. The number of nitrogens with zero attached hydrogens (tertiary/aromatic N) is 3. The quantitative estimate of drug-likeness (QED) is 0.438. The van der Waals surface area contributed by atoms with Crippen molar-refractivity contribution in [1.29, 1.82) is 0 Å². The first-order chi connectivity index (χ1) is 15.5. The third-order valence-corrected chi connectivity index (χ3v) is 7.29. The first-order valence-corrected chi connectivity index (χ1v) is 12.3. The van der Waals surface area contributed by atoms with Gasteiger partial charge in [-0.25, -0.2) is 22.5 Å². The maximum atomic E-state index is 12.4. The van der Waals surface area contributed by atoms with E-state index in [1.54, 1.807) is 12.1 Å². The van der Waals surface area contributed by atoms with Crippen LogP contribution in [0.3, 0.4) is 0 Å². The highest BCUT2D eigenvalue weighted by Gasteiger charge is 2.20. The van der Waals surface area contributed by atoms with E-state index >= 15 is 0 Å². The highest BCUT2D eigenvalue weighted by Crippen LogP contribution is 2.24. The van der Waals surface area contributed by atoms with Crippen LogP contribution in [0.15, 0.2) is 41.3 Å². The van der Waals surface area contributed by atoms with Gasteiger partial charge in [0.1, 0.15) is 18.2 Å². The van der Waals surface area contributed by atoms with Crippen molar-refractivity contribution in [3.8, 4) is 5.75 Å². The molecule has 1 aromatic heterocycles. The van der Waals surface area contributed by atoms with Gasteiger partial charge in [-0.15, -0.1) is 0 Å². The average molecular weight is 474 g/mol. The molecule has 0 N–H and O–H groups in total. The number of carbonyl (C=O) groups is 1. The Labute approximate surface area is 195 Å². The van der Waals surface area contributed by atoms with Crippen LogP contribution in [-0.4, -0.2) is 48.9 Å². The lowest BCUT2D eigenvalue weighted by molar-refractivity contribution is -0.147. The van der Waals surface area contributed by atoms with Crippen LogP contribution in [0, 0.1) is 6.92 Å². The fraction of sp³-hybridized carbons (Fsp3) is 0.417. The lowest BCUT2D eigenvalue weighted by Crippen LogP contribution is -2.22. The van der Waals surface area contributed by atoms with Crippen LogP contribution in [0.1, 0.15) is 43.6 Å². The van der Waals surface area contributed by atoms with E-state index in [1.165, 1.54) is 25.7 Å². The van der Waals surface area contributed by atoms with Gasteiger partial charge in [0.2, 0.25) is 10.0 Å². The van der Waals surface area contributed by atoms with E-state index < -0.39 is 16.0 Å². The number of carbonyl (C=O) groups excluding carboxylic acids is 1. The van der Waals surface area contributed by atoms with Gasteiger partial charge in [-0.3, -0.25) is 0 Å². The van der Waals surface area contributed by atoms with Gasteiger partial charge in [-0.05, 0) is 61.2 Å². The maximum Gasteiger partial charge on any atom is 0.344 e. The average Bonchev–Trinajstić information content (AvgIpc) is 3.12. The molecule has 0 aliphatic carbocycles. The predicted octanol–water partition coefficient (Wildman–Crippen LogP) is 3.86. The summed E-state index contributed by atoms with van der Waals surface area (Å²) in [5.74, 6) is 1.06. The molecule has 3 aromatic rings. The van der Waals surface area contributed by atoms with Gasteiger partial charge in [0.15, 0.2) is 6.61 Å². The molecule has 0 fully saturated rings. The Kier molecular flexibility index (Phi) is 7.44. The van der Waals surface area contributed by atoms with Crippen molar-refractivity contribution in [3.05, 3.63) is 53.3 Å². The lowest BCUT2D eigenvalue weighted by Gasteiger charge is -2.12. The molecule has 0 bridgehead atoms. The second-order valence-electron chi connectivity index (χ2n) is 8.33. The predicted molar refractivity (Wildman–Crippen MR) is 127 cm³/mol. The number of rotatable bonds is 9. The number of aromatic nitrogens is 2. The van der Waals surface area contributed by atoms with Gasteiger partial charge in [-0.1, -0.05) is 19.9 Å². The highest BCUT2D eigenvalue weighted by molar-refractivity contribution is 7.89. The van der Waals surface area contributed by atoms with Crippen molar-refractivity contribution in [2.45, 2.75) is 51.7 Å². The molecule has 33 heavy (non-hydrogen) atoms. The molecule has 8 nitrogen and oxygen atoms in total. The number of aryl methyl sites for hydroxylation is 2. The SMILES string of the molecule is CCn1c(COC(=O)COc2ccc(C(C)C)c(C)c2)nc2cc(S(=O)(=O)N(C)C)ccc21. The van der Waals surface area contributed by atoms with Crippen LogP contribution >= 0.6 is 0 Å². The summed E-state index contributed by atoms with van der Waals surface area (Å²) >= 11 is 0. The second kappa shape index (κ2) is 9.93. The summed E-state index contributed by atoms with van der Waals surface area (Å²) in [6, 6.07) is 10.6. The first kappa shape index (κ1) is 24.7. The van der Waals surface area contributed by atoms with Crippen LogP contribution in [-0.2, 0) is 32.7 Å². The minimum atomic E-state index is -3.57. The Hall–Kier alpha value is -2.91. The fourth-order valence-corrected chi connectivity index (χ4v) is 4.63. The highest BCUT2D eigenvalue weighted by atomic mass is 32.2. The number of hydrogen-bond donors (Lipinski definition) is 0. The second-order valence-corrected chi connectivity index (χ2v) is 10.5. The Balaban J connectivity index is 1.69. The van der Waals surface area contributed by atoms with Gasteiger partial charge in [0, 0.05) is 20.6 Å². The Morgan fingerprint density at radius 2 is 1.88 bits per heavy atom. The monoisotopic (exact) mass is 473 g/mol. The molecule has 3 rings (SSSR count). The molecule has 2 aromatic carbocycles. The largest absolute Gasteiger partial charge is 0.482 e. The Morgan fingerprint density at radius 1 is 1.15 bits per heavy atom. The number of fused-ring (bicyclic) bond motifs is 1. The molecule has 0 radical (unpaired) electrons. The smallest absolute Gasteiger partial charge is 0.344 e. The standard InChI is InChI=1S/C24H31N3O5S/c1-7-27-22-11-9-19(33(29,30)26(5)6)13-21(22)25-23(27)14-32-24(28)15-31-18-8-10-20(16(2)3)17(4)12-18/h8-13,16H,7,14-15H2,1-6H3. The van der Waals surface area contributed by atoms with Crippen molar-refractivity contribution >= 4 is 27.0 Å². The number of ether oxygens (including phenoxy) is 2. The van der Waals surface area contributed by atoms with Crippen LogP contribution in [0.2, 0.25) is 0 Å². The molecule has 0 unspecified atom stereocenters. The minimum Gasteiger partial charge on any atom is -0.482 e. The van der Waals surface area contributed by atoms with Crippen molar-refractivity contribution in [3.63, 3.8) is 0 Å². The lowest BCUT2D eigenvalue weighted by atomic mass is 9.98. The van der Waals surface area contributed by atoms with E-state index in [0.29, 0.717) is 29.6 Å². The number of esters is 1. The summed E-state index contributed by atoms with van der Waals surface area (Å²) in [7, 11) is -0.600. The summed E-state index contributed by atoms with van der Waals surface area (Å²) in [5.41, 5.74) is 3.66. The maximum absolute atomic E-state index is 12.4. The minimum absolute atomic E-state index is 0.0359. The number of benzene rings is 2. The summed E-state index contributed by atoms with van der Waals surface area (Å²) in [6.45, 7) is 8.58. The Bertz CT molecular complexity index is 1260. The van der Waals surface area contributed by atoms with Crippen LogP contribution < -0.4 is 4.74 Å². The molecular formula is C24H31N3O5S. The molecule has 0 saturated heterocycles. The summed E-state index contributed by atoms with van der Waals surface area (Å²) in [6.07, 6.45) is 0. The molecular weight excluding hydrogens is 442 g/mol. The van der Waals surface area contributed by atoms with Gasteiger partial charge in [0.05, 0.1) is 15.9 Å². The van der Waals surface area contributed by atoms with Crippen molar-refractivity contribution in [2.75, 3.05) is 20.7 Å². The van der Waals surface area contributed by atoms with Crippen LogP contribution in [0.5, 0.6) is 5.75 Å². The van der Waals surface area contributed by atoms with E-state index in [-0.39, 0.29) is 18.1 Å². The fourth-order valence-electron chi connectivity index (χ4n) is 3.71. The molecule has 0 aliphatic heterocycles. The summed E-state index contributed by atoms with van der Waals surface area (Å²) < 4.78 is 38.9. The van der Waals surface area contributed by atoms with Gasteiger partial charge < -0.3 is 14.0 Å². The first-order valence-electron chi connectivity index (χ1n) is 10.8. The molecule has 178 valence electrons. The third-order valence-electron chi connectivity index (χ3n) is 5.48. The van der Waals surface area contributed by atoms with Crippen LogP contribution in [0.4, 0.5) is 0 Å². The zero-order valence-corrected chi connectivity index (χ0v) is 20.8. The van der Waals surface area contributed by atoms with Crippen molar-refractivity contribution < 1.29 is 22.7 Å². The molecule has 0 amide bonds. The van der Waals surface area contributed by atoms with Gasteiger partial charge in [-0.2, -0.15) is 0 Å². The topological polar surface area (TPSA) is 90.7 Å². The number of hydrogen-bond acceptors (Lipinski definition) is 6. The van der Waals surface area contributed by atoms with E-state index in [9.17, 15) is 13.2 Å². The molecule has 0 aliphatic rings. The molecule has 0 saturated carbocycles. The molecule has 1 heterocycles. The molecule has 9 heteroatoms. The Morgan fingerprint density at radius 3 is 2.48 bits per heavy atom. The van der Waals surface area contributed by atoms with Gasteiger partial charge in [0.25, 0.3) is 0 Å². The van der Waals surface area contributed by atoms with Crippen molar-refractivity contribution in [2.24, 2.45) is 0 Å². The van der Waals surface area contributed by atoms with Crippen LogP contribution in [0.25, 0.3) is 11.0 Å². The zero-order chi connectivity index (χ0) is 24.3. The molecule has 0 spiro atoms. The van der Waals surface area contributed by atoms with E-state index in [0.717, 1.165) is 15.4 Å². The van der Waals surface area contributed by atoms with Gasteiger partial charge >= 0.3 is 5.97 Å². The summed E-state index contributed by atoms with van der Waals surface area (Å²) in [5, 5.41) is 0. The van der Waals surface area contributed by atoms with E-state index in [1.807, 2.05) is 36.6 Å². The van der Waals surface area contributed by atoms with E-state index in [2.05, 4.69) is 18.8 Å². The van der Waals surface area contributed by atoms with E-state index in [4.69, 9.17) is 9.47 Å². The normalized spacial score (nSPS) is 12.0. The molecule has 0 atom stereocenters. The number of imidazole rings is 1.